The molecule has 7 nitrogen and oxygen atoms in total. The van der Waals surface area contributed by atoms with Gasteiger partial charge in [0.25, 0.3) is 0 Å². The lowest BCUT2D eigenvalue weighted by molar-refractivity contribution is -0.127. The van der Waals surface area contributed by atoms with Crippen molar-refractivity contribution in [3.63, 3.8) is 0 Å². The predicted octanol–water partition coefficient (Wildman–Crippen LogP) is 0.488. The van der Waals surface area contributed by atoms with Crippen LogP contribution < -0.4 is 10.6 Å². The van der Waals surface area contributed by atoms with Crippen LogP contribution in [0.25, 0.3) is 0 Å². The number of hydrogen-bond donors (Lipinski definition) is 2. The van der Waals surface area contributed by atoms with E-state index >= 15 is 0 Å². The van der Waals surface area contributed by atoms with E-state index in [1.165, 1.54) is 0 Å². The van der Waals surface area contributed by atoms with Crippen LogP contribution in [0.15, 0.2) is 17.4 Å². The summed E-state index contributed by atoms with van der Waals surface area (Å²) in [5, 5.41) is 10.7. The minimum Gasteiger partial charge on any atom is -0.357 e. The third kappa shape index (κ3) is 5.05. The van der Waals surface area contributed by atoms with Gasteiger partial charge in [-0.05, 0) is 19.8 Å². The number of rotatable bonds is 7. The summed E-state index contributed by atoms with van der Waals surface area (Å²) >= 11 is 0. The molecule has 0 aliphatic carbocycles. The van der Waals surface area contributed by atoms with Crippen LogP contribution in [-0.2, 0) is 18.4 Å². The van der Waals surface area contributed by atoms with Crippen molar-refractivity contribution >= 4 is 11.9 Å². The molecule has 0 atom stereocenters. The molecule has 122 valence electrons. The number of carbonyl (C=O) groups excluding carboxylic acids is 1. The van der Waals surface area contributed by atoms with Gasteiger partial charge in [0.2, 0.25) is 5.91 Å². The van der Waals surface area contributed by atoms with Gasteiger partial charge in [0.15, 0.2) is 5.96 Å². The third-order valence-electron chi connectivity index (χ3n) is 3.59. The van der Waals surface area contributed by atoms with Gasteiger partial charge in [-0.25, -0.2) is 4.99 Å². The highest BCUT2D eigenvalue weighted by Gasteiger charge is 2.18. The molecule has 0 radical (unpaired) electrons. The number of aliphatic imine (C=N–C) groups is 1. The number of nitrogens with zero attached hydrogens (tertiary/aromatic N) is 4. The molecule has 1 aliphatic heterocycles. The average Bonchev–Trinajstić information content (AvgIpc) is 3.09. The van der Waals surface area contributed by atoms with E-state index in [2.05, 4.69) is 20.7 Å². The summed E-state index contributed by atoms with van der Waals surface area (Å²) in [5.41, 5.74) is 1.09. The first kappa shape index (κ1) is 16.3. The van der Waals surface area contributed by atoms with E-state index in [9.17, 15) is 4.79 Å². The number of aryl methyl sites for hydroxylation is 1. The summed E-state index contributed by atoms with van der Waals surface area (Å²) in [7, 11) is 1.90. The largest absolute Gasteiger partial charge is 0.357 e. The van der Waals surface area contributed by atoms with Gasteiger partial charge in [0.05, 0.1) is 12.7 Å². The van der Waals surface area contributed by atoms with Gasteiger partial charge in [0.1, 0.15) is 0 Å². The Bertz CT molecular complexity index is 510. The summed E-state index contributed by atoms with van der Waals surface area (Å²) < 4.78 is 1.78. The average molecular weight is 306 g/mol. The van der Waals surface area contributed by atoms with Crippen molar-refractivity contribution in [2.24, 2.45) is 12.0 Å². The molecule has 0 aromatic carbocycles. The molecular formula is C15H26N6O. The SMILES string of the molecule is CCNC(=NCc1cnn(C)c1)NCCCN1CCCC1=O. The van der Waals surface area contributed by atoms with E-state index in [4.69, 9.17) is 0 Å². The zero-order chi connectivity index (χ0) is 15.8. The van der Waals surface area contributed by atoms with Crippen LogP contribution >= 0.6 is 0 Å². The quantitative estimate of drug-likeness (QED) is 0.437. The van der Waals surface area contributed by atoms with Gasteiger partial charge in [-0.1, -0.05) is 0 Å². The predicted molar refractivity (Wildman–Crippen MR) is 86.5 cm³/mol. The van der Waals surface area contributed by atoms with Crippen molar-refractivity contribution in [3.05, 3.63) is 18.0 Å². The van der Waals surface area contributed by atoms with Crippen molar-refractivity contribution in [3.8, 4) is 0 Å². The molecule has 2 N–H and O–H groups in total. The van der Waals surface area contributed by atoms with Crippen LogP contribution in [0, 0.1) is 0 Å². The number of amides is 1. The van der Waals surface area contributed by atoms with Crippen molar-refractivity contribution in [2.45, 2.75) is 32.7 Å². The fourth-order valence-corrected chi connectivity index (χ4v) is 2.48. The Balaban J connectivity index is 1.72. The highest BCUT2D eigenvalue weighted by atomic mass is 16.2. The smallest absolute Gasteiger partial charge is 0.222 e. The van der Waals surface area contributed by atoms with Crippen LogP contribution in [0.2, 0.25) is 0 Å². The molecule has 1 amide bonds. The molecule has 0 spiro atoms. The number of carbonyl (C=O) groups is 1. The number of likely N-dealkylation sites (tertiary alicyclic amines) is 1. The number of nitrogens with one attached hydrogen (secondary N) is 2. The molecule has 1 saturated heterocycles. The molecular weight excluding hydrogens is 280 g/mol. The lowest BCUT2D eigenvalue weighted by Crippen LogP contribution is -2.39. The van der Waals surface area contributed by atoms with Crippen LogP contribution in [0.1, 0.15) is 31.7 Å². The number of guanidine groups is 1. The maximum atomic E-state index is 11.5. The number of aromatic nitrogens is 2. The molecule has 1 aromatic rings. The first-order valence-corrected chi connectivity index (χ1v) is 7.96. The molecule has 7 heteroatoms. The maximum absolute atomic E-state index is 11.5. The molecule has 0 bridgehead atoms. The second kappa shape index (κ2) is 8.41. The van der Waals surface area contributed by atoms with Gasteiger partial charge in [-0.3, -0.25) is 9.48 Å². The van der Waals surface area contributed by atoms with E-state index in [1.54, 1.807) is 4.68 Å². The molecule has 2 rings (SSSR count). The minimum atomic E-state index is 0.289. The van der Waals surface area contributed by atoms with E-state index < -0.39 is 0 Å². The summed E-state index contributed by atoms with van der Waals surface area (Å²) in [6.45, 7) is 6.02. The van der Waals surface area contributed by atoms with Gasteiger partial charge in [-0.2, -0.15) is 5.10 Å². The summed E-state index contributed by atoms with van der Waals surface area (Å²) in [6.07, 6.45) is 6.44. The lowest BCUT2D eigenvalue weighted by atomic mass is 10.3. The Morgan fingerprint density at radius 2 is 2.32 bits per heavy atom. The van der Waals surface area contributed by atoms with E-state index in [-0.39, 0.29) is 5.91 Å². The van der Waals surface area contributed by atoms with E-state index in [0.29, 0.717) is 13.0 Å². The molecule has 1 fully saturated rings. The molecule has 1 aliphatic rings. The Morgan fingerprint density at radius 1 is 1.45 bits per heavy atom. The van der Waals surface area contributed by atoms with Gasteiger partial charge >= 0.3 is 0 Å². The highest BCUT2D eigenvalue weighted by Crippen LogP contribution is 2.09. The summed E-state index contributed by atoms with van der Waals surface area (Å²) in [4.78, 5) is 18.0. The van der Waals surface area contributed by atoms with E-state index in [0.717, 1.165) is 50.5 Å². The van der Waals surface area contributed by atoms with Crippen molar-refractivity contribution in [1.29, 1.82) is 0 Å². The third-order valence-corrected chi connectivity index (χ3v) is 3.59. The van der Waals surface area contributed by atoms with Crippen molar-refractivity contribution in [2.75, 3.05) is 26.2 Å². The van der Waals surface area contributed by atoms with Crippen LogP contribution in [-0.4, -0.2) is 52.7 Å². The summed E-state index contributed by atoms with van der Waals surface area (Å²) in [6, 6.07) is 0. The van der Waals surface area contributed by atoms with Crippen LogP contribution in [0.3, 0.4) is 0 Å². The van der Waals surface area contributed by atoms with Gasteiger partial charge in [0, 0.05) is 51.4 Å². The van der Waals surface area contributed by atoms with E-state index in [1.807, 2.05) is 31.3 Å². The second-order valence-corrected chi connectivity index (χ2v) is 5.48. The van der Waals surface area contributed by atoms with Crippen molar-refractivity contribution in [1.82, 2.24) is 25.3 Å². The maximum Gasteiger partial charge on any atom is 0.222 e. The monoisotopic (exact) mass is 306 g/mol. The highest BCUT2D eigenvalue weighted by molar-refractivity contribution is 5.79. The Kier molecular flexibility index (Phi) is 6.24. The topological polar surface area (TPSA) is 74.6 Å². The Labute approximate surface area is 131 Å². The standard InChI is InChI=1S/C15H26N6O/c1-3-16-15(18-10-13-11-19-20(2)12-13)17-7-5-9-21-8-4-6-14(21)22/h11-12H,3-10H2,1-2H3,(H2,16,17,18). The van der Waals surface area contributed by atoms with Crippen molar-refractivity contribution < 1.29 is 4.79 Å². The Morgan fingerprint density at radius 3 is 2.95 bits per heavy atom. The molecule has 2 heterocycles. The first-order valence-electron chi connectivity index (χ1n) is 7.96. The molecule has 1 aromatic heterocycles. The lowest BCUT2D eigenvalue weighted by Gasteiger charge is -2.16. The fraction of sp³-hybridized carbons (Fsp3) is 0.667. The normalized spacial score (nSPS) is 15.5. The zero-order valence-corrected chi connectivity index (χ0v) is 13.5. The van der Waals surface area contributed by atoms with Gasteiger partial charge < -0.3 is 15.5 Å². The number of hydrogen-bond acceptors (Lipinski definition) is 3. The second-order valence-electron chi connectivity index (χ2n) is 5.48. The first-order chi connectivity index (χ1) is 10.7. The molecule has 0 saturated carbocycles. The fourth-order valence-electron chi connectivity index (χ4n) is 2.48. The van der Waals surface area contributed by atoms with Crippen LogP contribution in [0.5, 0.6) is 0 Å². The Hall–Kier alpha value is -2.05. The van der Waals surface area contributed by atoms with Gasteiger partial charge in [-0.15, -0.1) is 0 Å². The zero-order valence-electron chi connectivity index (χ0n) is 13.5. The summed E-state index contributed by atoms with van der Waals surface area (Å²) in [5.74, 6) is 1.09. The molecule has 22 heavy (non-hydrogen) atoms. The molecule has 0 unspecified atom stereocenters. The minimum absolute atomic E-state index is 0.289. The van der Waals surface area contributed by atoms with Crippen LogP contribution in [0.4, 0.5) is 0 Å².